The third-order valence-corrected chi connectivity index (χ3v) is 3.31. The summed E-state index contributed by atoms with van der Waals surface area (Å²) in [5, 5.41) is 0. The molecule has 0 saturated carbocycles. The van der Waals surface area contributed by atoms with Crippen LogP contribution in [0.2, 0.25) is 0 Å². The Kier molecular flexibility index (Phi) is 4.53. The van der Waals surface area contributed by atoms with Crippen molar-refractivity contribution in [3.8, 4) is 0 Å². The smallest absolute Gasteiger partial charge is 0.166 e. The molecule has 0 N–H and O–H groups in total. The number of hydrogen-bond acceptors (Lipinski definition) is 2. The Morgan fingerprint density at radius 2 is 1.95 bits per heavy atom. The predicted molar refractivity (Wildman–Crippen MR) is 79.7 cm³/mol. The molecule has 0 aliphatic carbocycles. The van der Waals surface area contributed by atoms with Crippen LogP contribution in [-0.4, -0.2) is 11.0 Å². The van der Waals surface area contributed by atoms with Crippen LogP contribution in [0.15, 0.2) is 47.1 Å². The molecule has 1 heterocycles. The molecule has 2 aromatic rings. The number of pyridine rings is 1. The normalized spacial score (nSPS) is 10.8. The molecule has 2 rings (SSSR count). The van der Waals surface area contributed by atoms with Gasteiger partial charge in [0.15, 0.2) is 11.6 Å². The third-order valence-electron chi connectivity index (χ3n) is 2.88. The SMILES string of the molecule is CC(C)N(Cc1ccccc1)c1ncc(Br)cc1F. The summed E-state index contributed by atoms with van der Waals surface area (Å²) in [6.07, 6.45) is 1.62. The molecule has 0 atom stereocenters. The summed E-state index contributed by atoms with van der Waals surface area (Å²) in [5.74, 6) is 0.0843. The van der Waals surface area contributed by atoms with Crippen LogP contribution in [0.25, 0.3) is 0 Å². The summed E-state index contributed by atoms with van der Waals surface area (Å²) < 4.78 is 14.7. The fraction of sp³-hybridized carbons (Fsp3) is 0.267. The van der Waals surface area contributed by atoms with Crippen molar-refractivity contribution in [2.24, 2.45) is 0 Å². The van der Waals surface area contributed by atoms with Gasteiger partial charge in [-0.3, -0.25) is 0 Å². The monoisotopic (exact) mass is 322 g/mol. The van der Waals surface area contributed by atoms with Gasteiger partial charge in [-0.2, -0.15) is 0 Å². The molecular formula is C15H16BrFN2. The molecule has 0 aliphatic rings. The minimum Gasteiger partial charge on any atom is -0.347 e. The minimum absolute atomic E-state index is 0.170. The highest BCUT2D eigenvalue weighted by Crippen LogP contribution is 2.23. The number of halogens is 2. The van der Waals surface area contributed by atoms with E-state index in [0.29, 0.717) is 16.8 Å². The Bertz CT molecular complexity index is 543. The van der Waals surface area contributed by atoms with E-state index in [9.17, 15) is 4.39 Å². The van der Waals surface area contributed by atoms with Crippen molar-refractivity contribution in [2.75, 3.05) is 4.90 Å². The van der Waals surface area contributed by atoms with Crippen molar-refractivity contribution in [1.29, 1.82) is 0 Å². The number of hydrogen-bond donors (Lipinski definition) is 0. The van der Waals surface area contributed by atoms with Crippen molar-refractivity contribution in [1.82, 2.24) is 4.98 Å². The number of anilines is 1. The standard InChI is InChI=1S/C15H16BrFN2/c1-11(2)19(10-12-6-4-3-5-7-12)15-14(17)8-13(16)9-18-15/h3-9,11H,10H2,1-2H3. The molecule has 19 heavy (non-hydrogen) atoms. The molecule has 4 heteroatoms. The van der Waals surface area contributed by atoms with Gasteiger partial charge in [-0.1, -0.05) is 30.3 Å². The Morgan fingerprint density at radius 3 is 2.53 bits per heavy atom. The van der Waals surface area contributed by atoms with Gasteiger partial charge in [0.05, 0.1) is 0 Å². The Hall–Kier alpha value is -1.42. The van der Waals surface area contributed by atoms with Gasteiger partial charge in [0.2, 0.25) is 0 Å². The zero-order chi connectivity index (χ0) is 13.8. The van der Waals surface area contributed by atoms with Crippen molar-refractivity contribution in [3.05, 3.63) is 58.4 Å². The lowest BCUT2D eigenvalue weighted by Crippen LogP contribution is -2.31. The van der Waals surface area contributed by atoms with E-state index in [2.05, 4.69) is 20.9 Å². The first-order valence-electron chi connectivity index (χ1n) is 6.19. The molecule has 2 nitrogen and oxygen atoms in total. The summed E-state index contributed by atoms with van der Waals surface area (Å²) in [7, 11) is 0. The van der Waals surface area contributed by atoms with Crippen molar-refractivity contribution in [2.45, 2.75) is 26.4 Å². The Balaban J connectivity index is 2.30. The van der Waals surface area contributed by atoms with E-state index in [-0.39, 0.29) is 11.9 Å². The van der Waals surface area contributed by atoms with Crippen molar-refractivity contribution >= 4 is 21.7 Å². The molecule has 0 unspecified atom stereocenters. The van der Waals surface area contributed by atoms with E-state index in [1.165, 1.54) is 6.07 Å². The maximum atomic E-state index is 14.0. The zero-order valence-electron chi connectivity index (χ0n) is 11.0. The highest BCUT2D eigenvalue weighted by atomic mass is 79.9. The van der Waals surface area contributed by atoms with Gasteiger partial charge in [0.25, 0.3) is 0 Å². The summed E-state index contributed by atoms with van der Waals surface area (Å²) >= 11 is 3.23. The van der Waals surface area contributed by atoms with Gasteiger partial charge in [-0.25, -0.2) is 9.37 Å². The number of nitrogens with zero attached hydrogens (tertiary/aromatic N) is 2. The van der Waals surface area contributed by atoms with Gasteiger partial charge in [-0.15, -0.1) is 0 Å². The van der Waals surface area contributed by atoms with E-state index < -0.39 is 0 Å². The van der Waals surface area contributed by atoms with Crippen LogP contribution in [0.3, 0.4) is 0 Å². The van der Waals surface area contributed by atoms with Crippen LogP contribution in [-0.2, 0) is 6.54 Å². The molecule has 100 valence electrons. The lowest BCUT2D eigenvalue weighted by atomic mass is 10.2. The topological polar surface area (TPSA) is 16.1 Å². The lowest BCUT2D eigenvalue weighted by molar-refractivity contribution is 0.587. The molecule has 0 amide bonds. The highest BCUT2D eigenvalue weighted by Gasteiger charge is 2.17. The molecule has 0 saturated heterocycles. The van der Waals surface area contributed by atoms with E-state index in [0.717, 1.165) is 5.56 Å². The van der Waals surface area contributed by atoms with Gasteiger partial charge >= 0.3 is 0 Å². The quantitative estimate of drug-likeness (QED) is 0.829. The maximum Gasteiger partial charge on any atom is 0.166 e. The van der Waals surface area contributed by atoms with Gasteiger partial charge < -0.3 is 4.90 Å². The average Bonchev–Trinajstić information content (AvgIpc) is 2.38. The predicted octanol–water partition coefficient (Wildman–Crippen LogP) is 4.40. The summed E-state index contributed by atoms with van der Waals surface area (Å²) in [5.41, 5.74) is 1.14. The first-order chi connectivity index (χ1) is 9.08. The van der Waals surface area contributed by atoms with E-state index >= 15 is 0 Å². The van der Waals surface area contributed by atoms with Crippen LogP contribution in [0.1, 0.15) is 19.4 Å². The lowest BCUT2D eigenvalue weighted by Gasteiger charge is -2.28. The van der Waals surface area contributed by atoms with E-state index in [1.807, 2.05) is 49.1 Å². The van der Waals surface area contributed by atoms with Crippen molar-refractivity contribution < 1.29 is 4.39 Å². The second kappa shape index (κ2) is 6.15. The fourth-order valence-corrected chi connectivity index (χ4v) is 2.20. The Morgan fingerprint density at radius 1 is 1.26 bits per heavy atom. The first kappa shape index (κ1) is 14.0. The van der Waals surface area contributed by atoms with Crippen molar-refractivity contribution in [3.63, 3.8) is 0 Å². The van der Waals surface area contributed by atoms with E-state index in [1.54, 1.807) is 6.20 Å². The molecule has 0 bridgehead atoms. The van der Waals surface area contributed by atoms with Gasteiger partial charge in [0.1, 0.15) is 0 Å². The van der Waals surface area contributed by atoms with Crippen LogP contribution in [0.4, 0.5) is 10.2 Å². The molecule has 1 aromatic heterocycles. The van der Waals surface area contributed by atoms with Crippen LogP contribution >= 0.6 is 15.9 Å². The average molecular weight is 323 g/mol. The molecule has 0 spiro atoms. The second-order valence-corrected chi connectivity index (χ2v) is 5.58. The van der Waals surface area contributed by atoms with Gasteiger partial charge in [-0.05, 0) is 41.4 Å². The molecule has 0 aliphatic heterocycles. The third kappa shape index (κ3) is 3.53. The van der Waals surface area contributed by atoms with Crippen LogP contribution in [0.5, 0.6) is 0 Å². The molecular weight excluding hydrogens is 307 g/mol. The number of aromatic nitrogens is 1. The number of benzene rings is 1. The Labute approximate surface area is 121 Å². The summed E-state index contributed by atoms with van der Waals surface area (Å²) in [6, 6.07) is 11.6. The maximum absolute atomic E-state index is 14.0. The van der Waals surface area contributed by atoms with Crippen LogP contribution < -0.4 is 4.90 Å². The van der Waals surface area contributed by atoms with E-state index in [4.69, 9.17) is 0 Å². The summed E-state index contributed by atoms with van der Waals surface area (Å²) in [4.78, 5) is 6.16. The highest BCUT2D eigenvalue weighted by molar-refractivity contribution is 9.10. The zero-order valence-corrected chi connectivity index (χ0v) is 12.6. The number of rotatable bonds is 4. The van der Waals surface area contributed by atoms with Gasteiger partial charge in [0, 0.05) is 23.3 Å². The molecule has 1 aromatic carbocycles. The van der Waals surface area contributed by atoms with Crippen LogP contribution in [0, 0.1) is 5.82 Å². The fourth-order valence-electron chi connectivity index (χ4n) is 1.90. The largest absolute Gasteiger partial charge is 0.347 e. The molecule has 0 radical (unpaired) electrons. The molecule has 0 fully saturated rings. The first-order valence-corrected chi connectivity index (χ1v) is 6.99. The minimum atomic E-state index is -0.306. The second-order valence-electron chi connectivity index (χ2n) is 4.67. The summed E-state index contributed by atoms with van der Waals surface area (Å²) in [6.45, 7) is 4.71.